The van der Waals surface area contributed by atoms with Crippen LogP contribution in [0.25, 0.3) is 12.2 Å². The van der Waals surface area contributed by atoms with Crippen molar-refractivity contribution in [3.8, 4) is 0 Å². The van der Waals surface area contributed by atoms with Gasteiger partial charge in [-0.15, -0.1) is 5.10 Å². The number of hydrogen-bond acceptors (Lipinski definition) is 6. The number of H-pyrrole nitrogens is 1. The molecule has 0 fully saturated rings. The lowest BCUT2D eigenvalue weighted by Gasteiger charge is -2.06. The fraction of sp³-hybridized carbons (Fsp3) is 0.250. The van der Waals surface area contributed by atoms with Gasteiger partial charge < -0.3 is 4.74 Å². The van der Waals surface area contributed by atoms with E-state index in [9.17, 15) is 4.79 Å². The van der Waals surface area contributed by atoms with Crippen LogP contribution in [0.5, 0.6) is 0 Å². The Morgan fingerprint density at radius 2 is 1.83 bits per heavy atom. The van der Waals surface area contributed by atoms with Crippen molar-refractivity contribution in [2.45, 2.75) is 39.2 Å². The van der Waals surface area contributed by atoms with Gasteiger partial charge in [0, 0.05) is 12.2 Å². The first-order chi connectivity index (χ1) is 17.7. The summed E-state index contributed by atoms with van der Waals surface area (Å²) in [5, 5.41) is 15.8. The van der Waals surface area contributed by atoms with Gasteiger partial charge in [-0.3, -0.25) is 15.1 Å². The molecule has 8 nitrogen and oxygen atoms in total. The summed E-state index contributed by atoms with van der Waals surface area (Å²) in [6, 6.07) is 22.0. The van der Waals surface area contributed by atoms with Gasteiger partial charge >= 0.3 is 0 Å². The zero-order valence-electron chi connectivity index (χ0n) is 20.4. The number of hydrogen-bond donors (Lipinski definition) is 2. The normalized spacial score (nSPS) is 11.1. The van der Waals surface area contributed by atoms with Gasteiger partial charge in [0.25, 0.3) is 11.9 Å². The largest absolute Gasteiger partial charge is 0.375 e. The molecule has 184 valence electrons. The Morgan fingerprint density at radius 1 is 1.00 bits per heavy atom. The molecule has 1 amide bonds. The third kappa shape index (κ3) is 7.68. The van der Waals surface area contributed by atoms with E-state index in [-0.39, 0.29) is 11.9 Å². The molecule has 4 aromatic rings. The van der Waals surface area contributed by atoms with Crippen LogP contribution < -0.4 is 5.32 Å². The average Bonchev–Trinajstić information content (AvgIpc) is 3.43. The van der Waals surface area contributed by atoms with E-state index in [1.165, 1.54) is 11.1 Å². The highest BCUT2D eigenvalue weighted by Gasteiger charge is 2.08. The summed E-state index contributed by atoms with van der Waals surface area (Å²) in [6.45, 7) is 3.38. The Bertz CT molecular complexity index is 1270. The SMILES string of the molecule is CCc1ccc(CCCCOCc2cccc(/C=C/c3cccc(C(=O)Nc4nn[nH]n4)c3)n2)cc1. The number of carbonyl (C=O) groups is 1. The number of benzene rings is 2. The molecule has 0 spiro atoms. The Balaban J connectivity index is 1.22. The van der Waals surface area contributed by atoms with Crippen LogP contribution in [0.15, 0.2) is 66.7 Å². The predicted octanol–water partition coefficient (Wildman–Crippen LogP) is 5.12. The van der Waals surface area contributed by atoms with Crippen LogP contribution in [0.1, 0.15) is 58.2 Å². The number of ether oxygens (including phenoxy) is 1. The number of carbonyl (C=O) groups excluding carboxylic acids is 1. The van der Waals surface area contributed by atoms with Crippen molar-refractivity contribution >= 4 is 24.0 Å². The number of nitrogens with one attached hydrogen (secondary N) is 2. The number of nitrogens with zero attached hydrogens (tertiary/aromatic N) is 4. The van der Waals surface area contributed by atoms with Crippen LogP contribution in [-0.4, -0.2) is 38.1 Å². The summed E-state index contributed by atoms with van der Waals surface area (Å²) in [7, 11) is 0. The maximum Gasteiger partial charge on any atom is 0.270 e. The second-order valence-corrected chi connectivity index (χ2v) is 8.38. The summed E-state index contributed by atoms with van der Waals surface area (Å²) in [5.74, 6) is -0.177. The van der Waals surface area contributed by atoms with Crippen LogP contribution in [0, 0.1) is 0 Å². The zero-order chi connectivity index (χ0) is 25.0. The molecule has 0 aliphatic rings. The number of pyridine rings is 1. The first kappa shape index (κ1) is 24.9. The number of tetrazole rings is 1. The van der Waals surface area contributed by atoms with Gasteiger partial charge in [-0.1, -0.05) is 60.6 Å². The van der Waals surface area contributed by atoms with Crippen LogP contribution in [-0.2, 0) is 24.2 Å². The van der Waals surface area contributed by atoms with Crippen LogP contribution >= 0.6 is 0 Å². The number of amides is 1. The molecule has 0 unspecified atom stereocenters. The highest BCUT2D eigenvalue weighted by molar-refractivity contribution is 6.03. The Kier molecular flexibility index (Phi) is 9.05. The van der Waals surface area contributed by atoms with E-state index >= 15 is 0 Å². The molecular weight excluding hydrogens is 452 g/mol. The van der Waals surface area contributed by atoms with Gasteiger partial charge in [0.05, 0.1) is 18.0 Å². The summed E-state index contributed by atoms with van der Waals surface area (Å²) < 4.78 is 5.85. The molecule has 2 aromatic carbocycles. The number of aromatic amines is 1. The molecule has 8 heteroatoms. The molecule has 0 aliphatic heterocycles. The molecule has 2 aromatic heterocycles. The molecule has 2 N–H and O–H groups in total. The van der Waals surface area contributed by atoms with Crippen molar-refractivity contribution < 1.29 is 9.53 Å². The predicted molar refractivity (Wildman–Crippen MR) is 140 cm³/mol. The summed E-state index contributed by atoms with van der Waals surface area (Å²) in [6.07, 6.45) is 8.12. The van der Waals surface area contributed by atoms with E-state index in [0.717, 1.165) is 42.6 Å². The minimum absolute atomic E-state index is 0.130. The van der Waals surface area contributed by atoms with Crippen molar-refractivity contribution in [3.63, 3.8) is 0 Å². The van der Waals surface area contributed by atoms with Crippen LogP contribution in [0.2, 0.25) is 0 Å². The van der Waals surface area contributed by atoms with Crippen molar-refractivity contribution in [1.29, 1.82) is 0 Å². The standard InChI is InChI=1S/C28H30N6O2/c1-2-21-12-14-22(15-13-21)7-3-4-18-36-20-26-11-6-10-25(29-26)17-16-23-8-5-9-24(19-23)27(35)30-28-31-33-34-32-28/h5-6,8-17,19H,2-4,7,18,20H2,1H3,(H2,30,31,32,33,34,35)/b17-16+. The van der Waals surface area contributed by atoms with E-state index in [1.807, 2.05) is 42.5 Å². The second kappa shape index (κ2) is 13.1. The Hall–Kier alpha value is -4.17. The first-order valence-corrected chi connectivity index (χ1v) is 12.1. The summed E-state index contributed by atoms with van der Waals surface area (Å²) >= 11 is 0. The fourth-order valence-electron chi connectivity index (χ4n) is 3.68. The minimum atomic E-state index is -0.307. The lowest BCUT2D eigenvalue weighted by atomic mass is 10.1. The quantitative estimate of drug-likeness (QED) is 0.272. The van der Waals surface area contributed by atoms with Gasteiger partial charge in [0.15, 0.2) is 0 Å². The number of anilines is 1. The van der Waals surface area contributed by atoms with E-state index in [1.54, 1.807) is 12.1 Å². The van der Waals surface area contributed by atoms with Crippen LogP contribution in [0.3, 0.4) is 0 Å². The number of aryl methyl sites for hydroxylation is 2. The van der Waals surface area contributed by atoms with Crippen molar-refractivity contribution in [1.82, 2.24) is 25.6 Å². The van der Waals surface area contributed by atoms with Gasteiger partial charge in [0.1, 0.15) is 0 Å². The van der Waals surface area contributed by atoms with Crippen molar-refractivity contribution in [2.24, 2.45) is 0 Å². The molecule has 0 aliphatic carbocycles. The third-order valence-corrected chi connectivity index (χ3v) is 5.68. The van der Waals surface area contributed by atoms with E-state index < -0.39 is 0 Å². The second-order valence-electron chi connectivity index (χ2n) is 8.38. The number of aromatic nitrogens is 5. The van der Waals surface area contributed by atoms with Gasteiger partial charge in [-0.05, 0) is 77.9 Å². The van der Waals surface area contributed by atoms with Crippen molar-refractivity contribution in [3.05, 3.63) is 100 Å². The molecule has 0 saturated carbocycles. The maximum atomic E-state index is 12.4. The molecule has 0 saturated heterocycles. The van der Waals surface area contributed by atoms with Crippen molar-refractivity contribution in [2.75, 3.05) is 11.9 Å². The number of rotatable bonds is 12. The molecule has 2 heterocycles. The Labute approximate surface area is 210 Å². The van der Waals surface area contributed by atoms with E-state index in [0.29, 0.717) is 18.8 Å². The lowest BCUT2D eigenvalue weighted by Crippen LogP contribution is -2.13. The first-order valence-electron chi connectivity index (χ1n) is 12.1. The number of unbranched alkanes of at least 4 members (excludes halogenated alkanes) is 1. The third-order valence-electron chi connectivity index (χ3n) is 5.68. The minimum Gasteiger partial charge on any atom is -0.375 e. The molecule has 0 radical (unpaired) electrons. The molecule has 4 rings (SSSR count). The molecular formula is C28H30N6O2. The van der Waals surface area contributed by atoms with Gasteiger partial charge in [0.2, 0.25) is 0 Å². The topological polar surface area (TPSA) is 106 Å². The smallest absolute Gasteiger partial charge is 0.270 e. The highest BCUT2D eigenvalue weighted by Crippen LogP contribution is 2.12. The monoisotopic (exact) mass is 482 g/mol. The van der Waals surface area contributed by atoms with E-state index in [4.69, 9.17) is 4.74 Å². The van der Waals surface area contributed by atoms with Gasteiger partial charge in [-0.25, -0.2) is 0 Å². The van der Waals surface area contributed by atoms with E-state index in [2.05, 4.69) is 62.1 Å². The fourth-order valence-corrected chi connectivity index (χ4v) is 3.68. The molecule has 0 bridgehead atoms. The average molecular weight is 483 g/mol. The lowest BCUT2D eigenvalue weighted by molar-refractivity contribution is 0.102. The highest BCUT2D eigenvalue weighted by atomic mass is 16.5. The van der Waals surface area contributed by atoms with Crippen LogP contribution in [0.4, 0.5) is 5.95 Å². The maximum absolute atomic E-state index is 12.4. The Morgan fingerprint density at radius 3 is 2.64 bits per heavy atom. The summed E-state index contributed by atoms with van der Waals surface area (Å²) in [4.78, 5) is 17.0. The molecule has 36 heavy (non-hydrogen) atoms. The summed E-state index contributed by atoms with van der Waals surface area (Å²) in [5.41, 5.74) is 5.85. The van der Waals surface area contributed by atoms with Gasteiger partial charge in [-0.2, -0.15) is 5.21 Å². The zero-order valence-corrected chi connectivity index (χ0v) is 20.4. The molecule has 0 atom stereocenters.